The summed E-state index contributed by atoms with van der Waals surface area (Å²) in [5.41, 5.74) is 1.48. The standard InChI is InChI=1S/C29H42ClNOS/c1-25(2)14-12-10-8-6-4-3-5-7-9-11-13-23-33-29-21-19-28(20-22-29)31(32)24-26-15-17-27(30)18-16-26/h15-22,24-25H,3-14,23H2,1-2H3. The van der Waals surface area contributed by atoms with Crippen LogP contribution in [0.1, 0.15) is 96.5 Å². The van der Waals surface area contributed by atoms with Crippen molar-refractivity contribution in [1.82, 2.24) is 0 Å². The Hall–Kier alpha value is -1.45. The molecule has 2 aromatic carbocycles. The van der Waals surface area contributed by atoms with Crippen LogP contribution in [0.15, 0.2) is 53.4 Å². The third-order valence-corrected chi connectivity index (χ3v) is 7.27. The summed E-state index contributed by atoms with van der Waals surface area (Å²) in [6, 6.07) is 15.1. The molecule has 33 heavy (non-hydrogen) atoms. The van der Waals surface area contributed by atoms with E-state index in [1.54, 1.807) is 18.3 Å². The Kier molecular flexibility index (Phi) is 14.4. The normalized spacial score (nSPS) is 11.9. The van der Waals surface area contributed by atoms with Crippen LogP contribution in [0.25, 0.3) is 0 Å². The largest absolute Gasteiger partial charge is 0.618 e. The molecule has 182 valence electrons. The van der Waals surface area contributed by atoms with Crippen molar-refractivity contribution in [3.05, 3.63) is 64.3 Å². The average Bonchev–Trinajstić information content (AvgIpc) is 2.81. The van der Waals surface area contributed by atoms with Crippen molar-refractivity contribution in [2.45, 2.75) is 95.8 Å². The lowest BCUT2D eigenvalue weighted by Crippen LogP contribution is -1.98. The Balaban J connectivity index is 1.49. The quantitative estimate of drug-likeness (QED) is 0.0553. The molecule has 0 radical (unpaired) electrons. The summed E-state index contributed by atoms with van der Waals surface area (Å²) >= 11 is 7.78. The fourth-order valence-electron chi connectivity index (χ4n) is 3.88. The highest BCUT2D eigenvalue weighted by Gasteiger charge is 2.03. The van der Waals surface area contributed by atoms with Gasteiger partial charge in [0.05, 0.1) is 0 Å². The minimum Gasteiger partial charge on any atom is -0.618 e. The third-order valence-electron chi connectivity index (χ3n) is 5.92. The van der Waals surface area contributed by atoms with Crippen LogP contribution in [0.5, 0.6) is 0 Å². The first kappa shape index (κ1) is 27.8. The number of hydrogen-bond donors (Lipinski definition) is 0. The molecule has 0 N–H and O–H groups in total. The van der Waals surface area contributed by atoms with Crippen LogP contribution in [-0.2, 0) is 0 Å². The topological polar surface area (TPSA) is 26.1 Å². The van der Waals surface area contributed by atoms with Crippen molar-refractivity contribution < 1.29 is 4.74 Å². The van der Waals surface area contributed by atoms with E-state index < -0.39 is 0 Å². The van der Waals surface area contributed by atoms with Gasteiger partial charge in [0.15, 0.2) is 6.21 Å². The average molecular weight is 488 g/mol. The maximum Gasteiger partial charge on any atom is 0.216 e. The Bertz CT molecular complexity index is 786. The van der Waals surface area contributed by atoms with Crippen molar-refractivity contribution in [3.63, 3.8) is 0 Å². The third kappa shape index (κ3) is 13.1. The molecule has 2 rings (SSSR count). The van der Waals surface area contributed by atoms with Gasteiger partial charge in [0, 0.05) is 27.6 Å². The molecule has 0 saturated heterocycles. The van der Waals surface area contributed by atoms with Crippen LogP contribution >= 0.6 is 23.4 Å². The van der Waals surface area contributed by atoms with Gasteiger partial charge in [-0.15, -0.1) is 11.8 Å². The van der Waals surface area contributed by atoms with Gasteiger partial charge in [-0.3, -0.25) is 0 Å². The molecule has 0 aliphatic carbocycles. The molecule has 0 unspecified atom stereocenters. The van der Waals surface area contributed by atoms with Gasteiger partial charge in [-0.1, -0.05) is 96.1 Å². The number of halogens is 1. The van der Waals surface area contributed by atoms with Crippen LogP contribution < -0.4 is 0 Å². The van der Waals surface area contributed by atoms with E-state index in [0.717, 1.165) is 22.0 Å². The van der Waals surface area contributed by atoms with Crippen LogP contribution in [0.4, 0.5) is 5.69 Å². The molecule has 0 aliphatic rings. The smallest absolute Gasteiger partial charge is 0.216 e. The van der Waals surface area contributed by atoms with E-state index in [4.69, 9.17) is 11.6 Å². The molecular formula is C29H42ClNOS. The van der Waals surface area contributed by atoms with Gasteiger partial charge >= 0.3 is 0 Å². The van der Waals surface area contributed by atoms with Gasteiger partial charge < -0.3 is 5.21 Å². The van der Waals surface area contributed by atoms with E-state index in [1.807, 2.05) is 48.2 Å². The molecule has 0 spiro atoms. The Labute approximate surface area is 211 Å². The number of rotatable bonds is 17. The van der Waals surface area contributed by atoms with Crippen molar-refractivity contribution in [2.24, 2.45) is 5.92 Å². The summed E-state index contributed by atoms with van der Waals surface area (Å²) in [7, 11) is 0. The molecule has 0 aromatic heterocycles. The molecule has 0 saturated carbocycles. The second-order valence-corrected chi connectivity index (χ2v) is 11.0. The zero-order chi connectivity index (χ0) is 23.7. The summed E-state index contributed by atoms with van der Waals surface area (Å²) in [6.07, 6.45) is 18.2. The Morgan fingerprint density at radius 1 is 0.758 bits per heavy atom. The number of unbranched alkanes of at least 4 members (excludes halogenated alkanes) is 10. The van der Waals surface area contributed by atoms with Gasteiger partial charge in [-0.05, 0) is 54.5 Å². The van der Waals surface area contributed by atoms with Gasteiger partial charge in [0.2, 0.25) is 5.69 Å². The first-order valence-corrected chi connectivity index (χ1v) is 14.2. The lowest BCUT2D eigenvalue weighted by Gasteiger charge is -2.06. The van der Waals surface area contributed by atoms with E-state index in [9.17, 15) is 5.21 Å². The second-order valence-electron chi connectivity index (χ2n) is 9.42. The predicted octanol–water partition coefficient (Wildman–Crippen LogP) is 10.0. The fourth-order valence-corrected chi connectivity index (χ4v) is 4.92. The summed E-state index contributed by atoms with van der Waals surface area (Å²) in [6.45, 7) is 4.64. The maximum absolute atomic E-state index is 12.3. The summed E-state index contributed by atoms with van der Waals surface area (Å²) < 4.78 is 0.907. The highest BCUT2D eigenvalue weighted by molar-refractivity contribution is 7.99. The van der Waals surface area contributed by atoms with Crippen LogP contribution in [0, 0.1) is 11.1 Å². The zero-order valence-corrected chi connectivity index (χ0v) is 22.2. The summed E-state index contributed by atoms with van der Waals surface area (Å²) in [5, 5.41) is 13.0. The Morgan fingerprint density at radius 3 is 1.82 bits per heavy atom. The maximum atomic E-state index is 12.3. The molecule has 4 heteroatoms. The highest BCUT2D eigenvalue weighted by Crippen LogP contribution is 2.23. The van der Waals surface area contributed by atoms with E-state index in [0.29, 0.717) is 10.7 Å². The van der Waals surface area contributed by atoms with E-state index in [-0.39, 0.29) is 0 Å². The predicted molar refractivity (Wildman–Crippen MR) is 147 cm³/mol. The molecule has 0 aliphatic heterocycles. The lowest BCUT2D eigenvalue weighted by molar-refractivity contribution is -0.354. The summed E-state index contributed by atoms with van der Waals surface area (Å²) in [4.78, 5) is 1.23. The van der Waals surface area contributed by atoms with Gasteiger partial charge in [-0.25, -0.2) is 0 Å². The molecule has 0 amide bonds. The SMILES string of the molecule is CC(C)CCCCCCCCCCCCCSc1ccc([N+]([O-])=Cc2ccc(Cl)cc2)cc1. The van der Waals surface area contributed by atoms with E-state index in [2.05, 4.69) is 13.8 Å². The second kappa shape index (κ2) is 17.1. The number of thioether (sulfide) groups is 1. The number of benzene rings is 2. The molecule has 2 nitrogen and oxygen atoms in total. The lowest BCUT2D eigenvalue weighted by atomic mass is 10.0. The molecular weight excluding hydrogens is 446 g/mol. The molecule has 2 aromatic rings. The van der Waals surface area contributed by atoms with Crippen LogP contribution in [0.2, 0.25) is 5.02 Å². The van der Waals surface area contributed by atoms with Gasteiger partial charge in [0.25, 0.3) is 0 Å². The molecule has 0 fully saturated rings. The van der Waals surface area contributed by atoms with Crippen molar-refractivity contribution in [1.29, 1.82) is 0 Å². The minimum atomic E-state index is 0.643. The first-order valence-electron chi connectivity index (χ1n) is 12.8. The van der Waals surface area contributed by atoms with Gasteiger partial charge in [0.1, 0.15) is 0 Å². The van der Waals surface area contributed by atoms with Crippen molar-refractivity contribution in [2.75, 3.05) is 5.75 Å². The van der Waals surface area contributed by atoms with E-state index >= 15 is 0 Å². The van der Waals surface area contributed by atoms with Crippen molar-refractivity contribution in [3.8, 4) is 0 Å². The zero-order valence-electron chi connectivity index (χ0n) is 20.6. The van der Waals surface area contributed by atoms with Gasteiger partial charge in [-0.2, -0.15) is 4.74 Å². The van der Waals surface area contributed by atoms with E-state index in [1.165, 1.54) is 81.9 Å². The fraction of sp³-hybridized carbons (Fsp3) is 0.552. The van der Waals surface area contributed by atoms with Crippen LogP contribution in [0.3, 0.4) is 0 Å². The molecule has 0 atom stereocenters. The molecule has 0 bridgehead atoms. The number of hydrogen-bond acceptors (Lipinski definition) is 2. The minimum absolute atomic E-state index is 0.643. The monoisotopic (exact) mass is 487 g/mol. The number of nitrogens with zero attached hydrogens (tertiary/aromatic N) is 1. The first-order chi connectivity index (χ1) is 16.0. The highest BCUT2D eigenvalue weighted by atomic mass is 35.5. The molecule has 0 heterocycles. The van der Waals surface area contributed by atoms with Crippen LogP contribution in [-0.4, -0.2) is 16.7 Å². The van der Waals surface area contributed by atoms with Crippen molar-refractivity contribution >= 4 is 35.3 Å². The summed E-state index contributed by atoms with van der Waals surface area (Å²) in [5.74, 6) is 2.01. The Morgan fingerprint density at radius 2 is 1.27 bits per heavy atom.